The van der Waals surface area contributed by atoms with Crippen LogP contribution in [0.2, 0.25) is 0 Å². The molecule has 0 aliphatic rings. The molecule has 5 heteroatoms. The quantitative estimate of drug-likeness (QED) is 0.429. The van der Waals surface area contributed by atoms with E-state index in [2.05, 4.69) is 91.0 Å². The molecule has 0 atom stereocenters. The predicted molar refractivity (Wildman–Crippen MR) is 94.8 cm³/mol. The second-order valence-corrected chi connectivity index (χ2v) is 11.6. The summed E-state index contributed by atoms with van der Waals surface area (Å²) >= 11 is -1.98. The number of rotatable bonds is 3. The molecule has 23 heavy (non-hydrogen) atoms. The van der Waals surface area contributed by atoms with E-state index < -0.39 is 19.8 Å². The van der Waals surface area contributed by atoms with Crippen molar-refractivity contribution in [2.24, 2.45) is 0 Å². The summed E-state index contributed by atoms with van der Waals surface area (Å²) in [4.78, 5) is 0. The van der Waals surface area contributed by atoms with Crippen LogP contribution in [0.5, 0.6) is 0 Å². The van der Waals surface area contributed by atoms with Crippen LogP contribution in [-0.4, -0.2) is 36.2 Å². The van der Waals surface area contributed by atoms with Crippen molar-refractivity contribution in [3.05, 3.63) is 91.0 Å². The van der Waals surface area contributed by atoms with Crippen molar-refractivity contribution in [3.63, 3.8) is 0 Å². The zero-order chi connectivity index (χ0) is 12.9. The van der Waals surface area contributed by atoms with Crippen LogP contribution in [0.15, 0.2) is 91.0 Å². The zero-order valence-electron chi connectivity index (χ0n) is 12.9. The molecule has 0 heterocycles. The Morgan fingerprint density at radius 2 is 0.609 bits per heavy atom. The van der Waals surface area contributed by atoms with Crippen LogP contribution in [0.25, 0.3) is 0 Å². The van der Waals surface area contributed by atoms with Crippen molar-refractivity contribution in [2.75, 3.05) is 0 Å². The molecule has 1 radical (unpaired) electrons. The Morgan fingerprint density at radius 3 is 0.826 bits per heavy atom. The molecule has 0 saturated heterocycles. The Labute approximate surface area is 164 Å². The van der Waals surface area contributed by atoms with Crippen LogP contribution in [-0.2, 0) is 27.3 Å². The standard InChI is InChI=1S/3C6H5.Cd.3H2O.Sn/c3*1-2-4-6-5-3-1;;;;;/h3*1-5H;;3*1H2;. The summed E-state index contributed by atoms with van der Waals surface area (Å²) < 4.78 is 4.59. The fourth-order valence-electron chi connectivity index (χ4n) is 2.31. The number of hydrogen-bond donors (Lipinski definition) is 0. The first-order valence-corrected chi connectivity index (χ1v) is 10.8. The first-order chi connectivity index (χ1) is 9.45. The van der Waals surface area contributed by atoms with E-state index >= 15 is 0 Å². The second-order valence-electron chi connectivity index (χ2n) is 4.47. The average Bonchev–Trinajstić information content (AvgIpc) is 2.51. The Morgan fingerprint density at radius 1 is 0.391 bits per heavy atom. The molecular formula is C18H21CdO3Sn. The molecule has 0 bridgehead atoms. The molecule has 0 unspecified atom stereocenters. The predicted octanol–water partition coefficient (Wildman–Crippen LogP) is -0.274. The Kier molecular flexibility index (Phi) is 13.5. The van der Waals surface area contributed by atoms with Crippen molar-refractivity contribution >= 4 is 30.5 Å². The molecule has 117 valence electrons. The van der Waals surface area contributed by atoms with E-state index in [1.807, 2.05) is 0 Å². The molecule has 3 nitrogen and oxygen atoms in total. The fraction of sp³-hybridized carbons (Fsp3) is 0. The van der Waals surface area contributed by atoms with Crippen molar-refractivity contribution in [1.82, 2.24) is 0 Å². The summed E-state index contributed by atoms with van der Waals surface area (Å²) in [5, 5.41) is 0. The van der Waals surface area contributed by atoms with Gasteiger partial charge >= 0.3 is 121 Å². The van der Waals surface area contributed by atoms with Crippen molar-refractivity contribution < 1.29 is 43.7 Å². The summed E-state index contributed by atoms with van der Waals surface area (Å²) in [7, 11) is 0. The van der Waals surface area contributed by atoms with Gasteiger partial charge in [0.2, 0.25) is 0 Å². The maximum atomic E-state index is 2.29. The van der Waals surface area contributed by atoms with Gasteiger partial charge in [0.15, 0.2) is 0 Å². The third-order valence-corrected chi connectivity index (χ3v) is 11.0. The SMILES string of the molecule is O.O.O.[Cd].c1cc[c]([Sn]([c]2ccccc2)[c]2ccccc2)cc1. The average molecular weight is 516 g/mol. The van der Waals surface area contributed by atoms with E-state index in [4.69, 9.17) is 0 Å². The molecule has 0 fully saturated rings. The van der Waals surface area contributed by atoms with Crippen LogP contribution in [0, 0.1) is 0 Å². The summed E-state index contributed by atoms with van der Waals surface area (Å²) in [6.45, 7) is 0. The summed E-state index contributed by atoms with van der Waals surface area (Å²) in [6, 6.07) is 32.9. The minimum absolute atomic E-state index is 0. The van der Waals surface area contributed by atoms with Gasteiger partial charge in [0.25, 0.3) is 0 Å². The fourth-order valence-corrected chi connectivity index (χ4v) is 9.67. The molecule has 3 aromatic carbocycles. The van der Waals surface area contributed by atoms with Crippen LogP contribution >= 0.6 is 0 Å². The summed E-state index contributed by atoms with van der Waals surface area (Å²) in [6.07, 6.45) is 0. The molecular weight excluding hydrogens is 495 g/mol. The van der Waals surface area contributed by atoms with Gasteiger partial charge in [-0.05, 0) is 0 Å². The van der Waals surface area contributed by atoms with Gasteiger partial charge in [0, 0.05) is 27.3 Å². The number of benzene rings is 3. The van der Waals surface area contributed by atoms with E-state index in [1.165, 1.54) is 10.7 Å². The van der Waals surface area contributed by atoms with Gasteiger partial charge < -0.3 is 16.4 Å². The maximum absolute atomic E-state index is 2.29. The van der Waals surface area contributed by atoms with E-state index in [1.54, 1.807) is 0 Å². The molecule has 0 aromatic heterocycles. The third-order valence-electron chi connectivity index (χ3n) is 3.19. The van der Waals surface area contributed by atoms with Crippen LogP contribution in [0.4, 0.5) is 0 Å². The number of hydrogen-bond acceptors (Lipinski definition) is 0. The first-order valence-electron chi connectivity index (χ1n) is 6.48. The molecule has 0 saturated carbocycles. The molecule has 0 aliphatic carbocycles. The van der Waals surface area contributed by atoms with Gasteiger partial charge in [-0.1, -0.05) is 0 Å². The van der Waals surface area contributed by atoms with Crippen molar-refractivity contribution in [2.45, 2.75) is 0 Å². The monoisotopic (exact) mass is 519 g/mol. The van der Waals surface area contributed by atoms with Gasteiger partial charge in [0.05, 0.1) is 0 Å². The van der Waals surface area contributed by atoms with E-state index in [0.29, 0.717) is 0 Å². The Hall–Kier alpha value is -0.739. The van der Waals surface area contributed by atoms with Crippen LogP contribution < -0.4 is 10.7 Å². The molecule has 3 rings (SSSR count). The molecule has 0 amide bonds. The van der Waals surface area contributed by atoms with Crippen LogP contribution in [0.3, 0.4) is 0 Å². The topological polar surface area (TPSA) is 94.5 Å². The first kappa shape index (κ1) is 24.5. The van der Waals surface area contributed by atoms with E-state index in [9.17, 15) is 0 Å². The zero-order valence-corrected chi connectivity index (χ0v) is 19.8. The van der Waals surface area contributed by atoms with Gasteiger partial charge in [-0.15, -0.1) is 0 Å². The van der Waals surface area contributed by atoms with Gasteiger partial charge in [-0.25, -0.2) is 0 Å². The van der Waals surface area contributed by atoms with Crippen LogP contribution in [0.1, 0.15) is 0 Å². The normalized spacial score (nSPS) is 8.74. The molecule has 0 aliphatic heterocycles. The van der Waals surface area contributed by atoms with Gasteiger partial charge in [-0.3, -0.25) is 0 Å². The van der Waals surface area contributed by atoms with Gasteiger partial charge in [-0.2, -0.15) is 0 Å². The minimum atomic E-state index is -1.98. The Balaban J connectivity index is 0. The molecule has 6 N–H and O–H groups in total. The van der Waals surface area contributed by atoms with E-state index in [0.717, 1.165) is 0 Å². The van der Waals surface area contributed by atoms with Gasteiger partial charge in [0.1, 0.15) is 0 Å². The summed E-state index contributed by atoms with van der Waals surface area (Å²) in [5.41, 5.74) is 0. The van der Waals surface area contributed by atoms with E-state index in [-0.39, 0.29) is 43.7 Å². The third kappa shape index (κ3) is 6.34. The Bertz CT molecular complexity index is 542. The molecule has 0 spiro atoms. The second kappa shape index (κ2) is 12.7. The van der Waals surface area contributed by atoms with Crippen molar-refractivity contribution in [3.8, 4) is 0 Å². The molecule has 3 aromatic rings. The summed E-state index contributed by atoms with van der Waals surface area (Å²) in [5.74, 6) is 0. The van der Waals surface area contributed by atoms with Crippen molar-refractivity contribution in [1.29, 1.82) is 0 Å².